The third-order valence-corrected chi connectivity index (χ3v) is 7.41. The number of rotatable bonds is 3. The molecule has 2 aliphatic rings. The van der Waals surface area contributed by atoms with Crippen molar-refractivity contribution in [3.05, 3.63) is 32.8 Å². The minimum absolute atomic E-state index is 0. The highest BCUT2D eigenvalue weighted by Gasteiger charge is 2.43. The Hall–Kier alpha value is -0.930. The average molecular weight is 410 g/mol. The van der Waals surface area contributed by atoms with E-state index >= 15 is 0 Å². The van der Waals surface area contributed by atoms with Crippen LogP contribution in [0.5, 0.6) is 0 Å². The minimum atomic E-state index is -3.79. The molecule has 2 fully saturated rings. The van der Waals surface area contributed by atoms with Gasteiger partial charge in [-0.25, -0.2) is 8.42 Å². The summed E-state index contributed by atoms with van der Waals surface area (Å²) in [4.78, 5) is 10.4. The lowest BCUT2D eigenvalue weighted by molar-refractivity contribution is -0.385. The monoisotopic (exact) mass is 409 g/mol. The summed E-state index contributed by atoms with van der Waals surface area (Å²) < 4.78 is 27.3. The molecule has 3 rings (SSSR count). The molecule has 10 heteroatoms. The van der Waals surface area contributed by atoms with Crippen LogP contribution in [0.15, 0.2) is 17.0 Å². The molecule has 1 N–H and O–H groups in total. The second-order valence-electron chi connectivity index (χ2n) is 6.64. The van der Waals surface area contributed by atoms with Crippen LogP contribution in [0.25, 0.3) is 0 Å². The summed E-state index contributed by atoms with van der Waals surface area (Å²) >= 11 is 6.02. The van der Waals surface area contributed by atoms with Gasteiger partial charge in [-0.15, -0.1) is 12.4 Å². The number of sulfonamides is 1. The van der Waals surface area contributed by atoms with Crippen LogP contribution in [-0.4, -0.2) is 43.8 Å². The van der Waals surface area contributed by atoms with Gasteiger partial charge in [-0.1, -0.05) is 11.6 Å². The summed E-state index contributed by atoms with van der Waals surface area (Å²) in [5.74, 6) is 0. The third-order valence-electron chi connectivity index (χ3n) is 5.19. The van der Waals surface area contributed by atoms with Gasteiger partial charge in [0.05, 0.1) is 14.8 Å². The molecule has 140 valence electrons. The lowest BCUT2D eigenvalue weighted by Crippen LogP contribution is -2.39. The molecule has 1 aromatic carbocycles. The van der Waals surface area contributed by atoms with E-state index < -0.39 is 14.9 Å². The summed E-state index contributed by atoms with van der Waals surface area (Å²) in [6.45, 7) is 4.22. The molecule has 0 bridgehead atoms. The van der Waals surface area contributed by atoms with Crippen LogP contribution in [0, 0.1) is 22.5 Å². The molecule has 0 aliphatic carbocycles. The first-order valence-electron chi connectivity index (χ1n) is 7.91. The molecule has 1 spiro atoms. The molecular weight excluding hydrogens is 389 g/mol. The fourth-order valence-corrected chi connectivity index (χ4v) is 5.47. The van der Waals surface area contributed by atoms with Crippen LogP contribution < -0.4 is 5.32 Å². The van der Waals surface area contributed by atoms with Crippen molar-refractivity contribution in [2.24, 2.45) is 5.41 Å². The maximum atomic E-state index is 12.9. The zero-order chi connectivity index (χ0) is 17.5. The molecule has 25 heavy (non-hydrogen) atoms. The Morgan fingerprint density at radius 2 is 1.92 bits per heavy atom. The van der Waals surface area contributed by atoms with Crippen LogP contribution in [0.4, 0.5) is 5.69 Å². The number of nitro groups is 1. The van der Waals surface area contributed by atoms with E-state index in [4.69, 9.17) is 11.6 Å². The van der Waals surface area contributed by atoms with Crippen molar-refractivity contribution < 1.29 is 13.3 Å². The highest BCUT2D eigenvalue weighted by atomic mass is 35.5. The van der Waals surface area contributed by atoms with E-state index in [2.05, 4.69) is 5.32 Å². The Morgan fingerprint density at radius 3 is 2.52 bits per heavy atom. The Morgan fingerprint density at radius 1 is 1.28 bits per heavy atom. The molecule has 1 aromatic rings. The molecule has 2 saturated heterocycles. The van der Waals surface area contributed by atoms with Crippen molar-refractivity contribution in [1.82, 2.24) is 9.62 Å². The number of hydrogen-bond acceptors (Lipinski definition) is 5. The first kappa shape index (κ1) is 20.4. The van der Waals surface area contributed by atoms with Gasteiger partial charge in [-0.05, 0) is 50.8 Å². The average Bonchev–Trinajstić information content (AvgIpc) is 2.94. The van der Waals surface area contributed by atoms with E-state index in [9.17, 15) is 18.5 Å². The van der Waals surface area contributed by atoms with Crippen LogP contribution in [0.2, 0.25) is 5.02 Å². The number of nitrogens with one attached hydrogen (secondary N) is 1. The number of hydrogen-bond donors (Lipinski definition) is 1. The standard InChI is InChI=1S/C15H20ClN3O4S.ClH/c1-11-13(16)8-12(9-14(11)19(20)21)24(22,23)18-7-4-15(10-18)2-5-17-6-3-15;/h8-9,17H,2-7,10H2,1H3;1H. The van der Waals surface area contributed by atoms with Gasteiger partial charge in [0.15, 0.2) is 0 Å². The molecule has 7 nitrogen and oxygen atoms in total. The molecule has 0 unspecified atom stereocenters. The quantitative estimate of drug-likeness (QED) is 0.611. The van der Waals surface area contributed by atoms with Crippen molar-refractivity contribution in [3.8, 4) is 0 Å². The van der Waals surface area contributed by atoms with E-state index in [1.165, 1.54) is 17.3 Å². The summed E-state index contributed by atoms with van der Waals surface area (Å²) in [5, 5.41) is 14.5. The summed E-state index contributed by atoms with van der Waals surface area (Å²) in [5.41, 5.74) is 0.0346. The van der Waals surface area contributed by atoms with Gasteiger partial charge >= 0.3 is 0 Å². The Kier molecular flexibility index (Phi) is 6.00. The Bertz CT molecular complexity index is 779. The highest BCUT2D eigenvalue weighted by Crippen LogP contribution is 2.41. The van der Waals surface area contributed by atoms with Crippen LogP contribution in [0.1, 0.15) is 24.8 Å². The van der Waals surface area contributed by atoms with Gasteiger partial charge in [0.1, 0.15) is 0 Å². The summed E-state index contributed by atoms with van der Waals surface area (Å²) in [7, 11) is -3.79. The Labute approximate surface area is 158 Å². The molecular formula is C15H21Cl2N3O4S. The predicted molar refractivity (Wildman–Crippen MR) is 98.0 cm³/mol. The molecule has 0 amide bonds. The van der Waals surface area contributed by atoms with Gasteiger partial charge in [0, 0.05) is 24.7 Å². The van der Waals surface area contributed by atoms with E-state index in [0.717, 1.165) is 38.4 Å². The summed E-state index contributed by atoms with van der Waals surface area (Å²) in [6, 6.07) is 2.43. The molecule has 2 aliphatic heterocycles. The maximum absolute atomic E-state index is 12.9. The maximum Gasteiger partial charge on any atom is 0.275 e. The first-order chi connectivity index (χ1) is 11.3. The van der Waals surface area contributed by atoms with Crippen molar-refractivity contribution in [2.75, 3.05) is 26.2 Å². The fraction of sp³-hybridized carbons (Fsp3) is 0.600. The predicted octanol–water partition coefficient (Wildman–Crippen LogP) is 2.74. The number of halogens is 2. The smallest absolute Gasteiger partial charge is 0.275 e. The van der Waals surface area contributed by atoms with Crippen LogP contribution in [-0.2, 0) is 10.0 Å². The van der Waals surface area contributed by atoms with Crippen molar-refractivity contribution in [2.45, 2.75) is 31.1 Å². The normalized spacial score (nSPS) is 20.4. The molecule has 2 heterocycles. The summed E-state index contributed by atoms with van der Waals surface area (Å²) in [6.07, 6.45) is 2.73. The lowest BCUT2D eigenvalue weighted by Gasteiger charge is -2.33. The highest BCUT2D eigenvalue weighted by molar-refractivity contribution is 7.89. The zero-order valence-corrected chi connectivity index (χ0v) is 16.2. The second kappa shape index (κ2) is 7.36. The van der Waals surface area contributed by atoms with Gasteiger partial charge < -0.3 is 5.32 Å². The minimum Gasteiger partial charge on any atom is -0.317 e. The largest absolute Gasteiger partial charge is 0.317 e. The topological polar surface area (TPSA) is 92.6 Å². The first-order valence-corrected chi connectivity index (χ1v) is 9.72. The number of piperidine rings is 1. The Balaban J connectivity index is 0.00000225. The zero-order valence-electron chi connectivity index (χ0n) is 13.8. The van der Waals surface area contributed by atoms with Crippen molar-refractivity contribution >= 4 is 39.7 Å². The lowest BCUT2D eigenvalue weighted by atomic mass is 9.78. The van der Waals surface area contributed by atoms with Gasteiger partial charge in [-0.3, -0.25) is 10.1 Å². The van der Waals surface area contributed by atoms with Crippen molar-refractivity contribution in [3.63, 3.8) is 0 Å². The molecule has 0 aromatic heterocycles. The second-order valence-corrected chi connectivity index (χ2v) is 8.99. The van der Waals surface area contributed by atoms with Crippen LogP contribution >= 0.6 is 24.0 Å². The van der Waals surface area contributed by atoms with E-state index in [-0.39, 0.29) is 39.0 Å². The van der Waals surface area contributed by atoms with E-state index in [1.54, 1.807) is 0 Å². The molecule has 0 saturated carbocycles. The number of nitro benzene ring substituents is 1. The van der Waals surface area contributed by atoms with Gasteiger partial charge in [0.25, 0.3) is 5.69 Å². The fourth-order valence-electron chi connectivity index (χ4n) is 3.59. The third kappa shape index (κ3) is 3.78. The molecule has 0 atom stereocenters. The number of nitrogens with zero attached hydrogens (tertiary/aromatic N) is 2. The van der Waals surface area contributed by atoms with Crippen molar-refractivity contribution in [1.29, 1.82) is 0 Å². The van der Waals surface area contributed by atoms with Gasteiger partial charge in [-0.2, -0.15) is 4.31 Å². The van der Waals surface area contributed by atoms with Crippen LogP contribution in [0.3, 0.4) is 0 Å². The molecule has 0 radical (unpaired) electrons. The van der Waals surface area contributed by atoms with E-state index in [1.807, 2.05) is 0 Å². The van der Waals surface area contributed by atoms with Gasteiger partial charge in [0.2, 0.25) is 10.0 Å². The SMILES string of the molecule is Cc1c(Cl)cc(S(=O)(=O)N2CCC3(CCNCC3)C2)cc1[N+](=O)[O-].Cl. The number of benzene rings is 1. The van der Waals surface area contributed by atoms with E-state index in [0.29, 0.717) is 13.1 Å².